The van der Waals surface area contributed by atoms with Crippen molar-refractivity contribution in [3.8, 4) is 11.5 Å². The smallest absolute Gasteiger partial charge is 0.231 e. The van der Waals surface area contributed by atoms with Crippen LogP contribution in [0.3, 0.4) is 0 Å². The topological polar surface area (TPSA) is 50.8 Å². The lowest BCUT2D eigenvalue weighted by atomic mass is 9.96. The minimum absolute atomic E-state index is 0.0202. The van der Waals surface area contributed by atoms with Crippen molar-refractivity contribution in [3.05, 3.63) is 59.4 Å². The maximum atomic E-state index is 13.0. The molecule has 1 saturated heterocycles. The summed E-state index contributed by atoms with van der Waals surface area (Å²) in [5.41, 5.74) is 2.06. The fraction of sp³-hybridized carbons (Fsp3) is 0.381. The van der Waals surface area contributed by atoms with Crippen LogP contribution in [0.2, 0.25) is 0 Å². The Morgan fingerprint density at radius 1 is 1.11 bits per heavy atom. The first kappa shape index (κ1) is 17.8. The SMILES string of the molecule is O=C(NCc1ccc2c(c1)OCO2)C1CCCN(Cc2ccc(F)cc2)C1. The van der Waals surface area contributed by atoms with Crippen LogP contribution in [0, 0.1) is 11.7 Å². The van der Waals surface area contributed by atoms with Crippen molar-refractivity contribution in [3.63, 3.8) is 0 Å². The van der Waals surface area contributed by atoms with Gasteiger partial charge < -0.3 is 14.8 Å². The zero-order valence-electron chi connectivity index (χ0n) is 15.1. The Balaban J connectivity index is 1.29. The van der Waals surface area contributed by atoms with E-state index in [4.69, 9.17) is 9.47 Å². The highest BCUT2D eigenvalue weighted by Crippen LogP contribution is 2.32. The molecule has 1 atom stereocenters. The fourth-order valence-electron chi connectivity index (χ4n) is 3.65. The predicted molar refractivity (Wildman–Crippen MR) is 98.8 cm³/mol. The summed E-state index contributed by atoms with van der Waals surface area (Å²) in [4.78, 5) is 14.9. The molecule has 0 radical (unpaired) electrons. The second kappa shape index (κ2) is 7.96. The van der Waals surface area contributed by atoms with E-state index >= 15 is 0 Å². The van der Waals surface area contributed by atoms with Crippen LogP contribution in [0.1, 0.15) is 24.0 Å². The number of nitrogens with zero attached hydrogens (tertiary/aromatic N) is 1. The Morgan fingerprint density at radius 2 is 1.89 bits per heavy atom. The second-order valence-corrected chi connectivity index (χ2v) is 7.11. The van der Waals surface area contributed by atoms with Crippen LogP contribution >= 0.6 is 0 Å². The van der Waals surface area contributed by atoms with E-state index in [1.165, 1.54) is 12.1 Å². The minimum Gasteiger partial charge on any atom is -0.454 e. The van der Waals surface area contributed by atoms with Crippen LogP contribution in [0.25, 0.3) is 0 Å². The molecule has 0 bridgehead atoms. The molecule has 1 unspecified atom stereocenters. The Morgan fingerprint density at radius 3 is 2.74 bits per heavy atom. The fourth-order valence-corrected chi connectivity index (χ4v) is 3.65. The number of piperidine rings is 1. The van der Waals surface area contributed by atoms with Crippen LogP contribution < -0.4 is 14.8 Å². The van der Waals surface area contributed by atoms with Crippen molar-refractivity contribution >= 4 is 5.91 Å². The largest absolute Gasteiger partial charge is 0.454 e. The summed E-state index contributed by atoms with van der Waals surface area (Å²) in [5, 5.41) is 3.04. The highest BCUT2D eigenvalue weighted by atomic mass is 19.1. The number of rotatable bonds is 5. The number of hydrogen-bond donors (Lipinski definition) is 1. The van der Waals surface area contributed by atoms with Crippen molar-refractivity contribution in [2.24, 2.45) is 5.92 Å². The van der Waals surface area contributed by atoms with Crippen LogP contribution in [-0.2, 0) is 17.9 Å². The van der Waals surface area contributed by atoms with Gasteiger partial charge in [-0.2, -0.15) is 0 Å². The van der Waals surface area contributed by atoms with Crippen LogP contribution in [-0.4, -0.2) is 30.7 Å². The van der Waals surface area contributed by atoms with Gasteiger partial charge in [0.15, 0.2) is 11.5 Å². The lowest BCUT2D eigenvalue weighted by Gasteiger charge is -2.32. The number of carbonyl (C=O) groups is 1. The van der Waals surface area contributed by atoms with Gasteiger partial charge >= 0.3 is 0 Å². The van der Waals surface area contributed by atoms with E-state index in [0.29, 0.717) is 6.54 Å². The van der Waals surface area contributed by atoms with Crippen LogP contribution in [0.4, 0.5) is 4.39 Å². The third-order valence-corrected chi connectivity index (χ3v) is 5.10. The van der Waals surface area contributed by atoms with Gasteiger partial charge in [-0.15, -0.1) is 0 Å². The number of hydrogen-bond acceptors (Lipinski definition) is 4. The summed E-state index contributed by atoms with van der Waals surface area (Å²) in [6, 6.07) is 12.3. The lowest BCUT2D eigenvalue weighted by molar-refractivity contribution is -0.126. The number of nitrogens with one attached hydrogen (secondary N) is 1. The summed E-state index contributed by atoms with van der Waals surface area (Å²) in [6.45, 7) is 3.15. The monoisotopic (exact) mass is 370 g/mol. The maximum Gasteiger partial charge on any atom is 0.231 e. The third kappa shape index (κ3) is 4.39. The van der Waals surface area contributed by atoms with Crippen molar-refractivity contribution in [1.82, 2.24) is 10.2 Å². The quantitative estimate of drug-likeness (QED) is 0.879. The molecular formula is C21H23FN2O3. The maximum absolute atomic E-state index is 13.0. The first-order valence-corrected chi connectivity index (χ1v) is 9.30. The number of fused-ring (bicyclic) bond motifs is 1. The van der Waals surface area contributed by atoms with Gasteiger partial charge in [0.2, 0.25) is 12.7 Å². The Bertz CT molecular complexity index is 810. The molecule has 1 amide bonds. The van der Waals surface area contributed by atoms with Gasteiger partial charge in [0.05, 0.1) is 5.92 Å². The summed E-state index contributed by atoms with van der Waals surface area (Å²) in [6.07, 6.45) is 1.89. The molecule has 2 aromatic rings. The van der Waals surface area contributed by atoms with Gasteiger partial charge in [-0.1, -0.05) is 18.2 Å². The number of halogens is 1. The first-order valence-electron chi connectivity index (χ1n) is 9.30. The number of likely N-dealkylation sites (tertiary alicyclic amines) is 1. The highest BCUT2D eigenvalue weighted by molar-refractivity contribution is 5.79. The molecule has 2 aromatic carbocycles. The molecule has 0 aliphatic carbocycles. The van der Waals surface area contributed by atoms with Crippen molar-refractivity contribution < 1.29 is 18.7 Å². The zero-order valence-corrected chi connectivity index (χ0v) is 15.1. The van der Waals surface area contributed by atoms with E-state index in [-0.39, 0.29) is 24.4 Å². The van der Waals surface area contributed by atoms with Gasteiger partial charge in [0, 0.05) is 19.6 Å². The van der Waals surface area contributed by atoms with E-state index in [1.54, 1.807) is 12.1 Å². The number of carbonyl (C=O) groups excluding carboxylic acids is 1. The average Bonchev–Trinajstić information content (AvgIpc) is 3.16. The molecule has 0 aromatic heterocycles. The Labute approximate surface area is 158 Å². The molecule has 2 heterocycles. The first-order chi connectivity index (χ1) is 13.2. The van der Waals surface area contributed by atoms with Gasteiger partial charge in [-0.25, -0.2) is 4.39 Å². The zero-order chi connectivity index (χ0) is 18.6. The Hall–Kier alpha value is -2.60. The summed E-state index contributed by atoms with van der Waals surface area (Å²) < 4.78 is 23.7. The highest BCUT2D eigenvalue weighted by Gasteiger charge is 2.25. The molecule has 0 spiro atoms. The molecule has 0 saturated carbocycles. The molecule has 27 heavy (non-hydrogen) atoms. The predicted octanol–water partition coefficient (Wildman–Crippen LogP) is 3.08. The van der Waals surface area contributed by atoms with Gasteiger partial charge in [0.25, 0.3) is 0 Å². The normalized spacial score (nSPS) is 19.1. The molecule has 2 aliphatic rings. The molecule has 1 N–H and O–H groups in total. The standard InChI is InChI=1S/C21H23FN2O3/c22-18-6-3-15(4-7-18)12-24-9-1-2-17(13-24)21(25)23-11-16-5-8-19-20(10-16)27-14-26-19/h3-8,10,17H,1-2,9,11-14H2,(H,23,25). The summed E-state index contributed by atoms with van der Waals surface area (Å²) >= 11 is 0. The van der Waals surface area contributed by atoms with Gasteiger partial charge in [-0.3, -0.25) is 9.69 Å². The van der Waals surface area contributed by atoms with E-state index in [0.717, 1.165) is 55.1 Å². The molecule has 2 aliphatic heterocycles. The average molecular weight is 370 g/mol. The minimum atomic E-state index is -0.224. The van der Waals surface area contributed by atoms with Crippen LogP contribution in [0.15, 0.2) is 42.5 Å². The summed E-state index contributed by atoms with van der Waals surface area (Å²) in [5.74, 6) is 1.31. The van der Waals surface area contributed by atoms with Gasteiger partial charge in [-0.05, 0) is 54.8 Å². The molecule has 5 nitrogen and oxygen atoms in total. The van der Waals surface area contributed by atoms with Crippen molar-refractivity contribution in [2.45, 2.75) is 25.9 Å². The molecule has 4 rings (SSSR count). The van der Waals surface area contributed by atoms with Crippen molar-refractivity contribution in [2.75, 3.05) is 19.9 Å². The summed E-state index contributed by atoms with van der Waals surface area (Å²) in [7, 11) is 0. The number of amides is 1. The second-order valence-electron chi connectivity index (χ2n) is 7.11. The van der Waals surface area contributed by atoms with E-state index < -0.39 is 0 Å². The van der Waals surface area contributed by atoms with E-state index in [1.807, 2.05) is 18.2 Å². The molecule has 6 heteroatoms. The molecule has 1 fully saturated rings. The molecular weight excluding hydrogens is 347 g/mol. The third-order valence-electron chi connectivity index (χ3n) is 5.10. The Kier molecular flexibility index (Phi) is 5.25. The van der Waals surface area contributed by atoms with E-state index in [9.17, 15) is 9.18 Å². The molecule has 142 valence electrons. The number of benzene rings is 2. The number of ether oxygens (including phenoxy) is 2. The van der Waals surface area contributed by atoms with Crippen molar-refractivity contribution in [1.29, 1.82) is 0 Å². The van der Waals surface area contributed by atoms with E-state index in [2.05, 4.69) is 10.2 Å². The van der Waals surface area contributed by atoms with Gasteiger partial charge in [0.1, 0.15) is 5.82 Å². The van der Waals surface area contributed by atoms with Crippen LogP contribution in [0.5, 0.6) is 11.5 Å². The lowest BCUT2D eigenvalue weighted by Crippen LogP contribution is -2.42.